The first-order valence-corrected chi connectivity index (χ1v) is 11.9. The molecule has 142 valence electrons. The molecule has 1 unspecified atom stereocenters. The normalized spacial score (nSPS) is 17.7. The molecular formula is C20H28N2O2S2. The van der Waals surface area contributed by atoms with Gasteiger partial charge in [-0.05, 0) is 66.4 Å². The Balaban J connectivity index is 1.69. The molecule has 0 aliphatic carbocycles. The van der Waals surface area contributed by atoms with Crippen LogP contribution in [-0.2, 0) is 15.8 Å². The van der Waals surface area contributed by atoms with Crippen LogP contribution < -0.4 is 4.72 Å². The van der Waals surface area contributed by atoms with Gasteiger partial charge in [0.05, 0.1) is 5.75 Å². The Labute approximate surface area is 161 Å². The second-order valence-corrected chi connectivity index (χ2v) is 9.64. The van der Waals surface area contributed by atoms with Crippen LogP contribution in [0, 0.1) is 6.92 Å². The molecule has 1 aliphatic heterocycles. The molecule has 0 saturated carbocycles. The van der Waals surface area contributed by atoms with Gasteiger partial charge in [0.25, 0.3) is 0 Å². The van der Waals surface area contributed by atoms with Gasteiger partial charge in [-0.1, -0.05) is 37.1 Å². The lowest BCUT2D eigenvalue weighted by Crippen LogP contribution is -2.38. The maximum absolute atomic E-state index is 12.6. The van der Waals surface area contributed by atoms with Gasteiger partial charge in [-0.3, -0.25) is 4.90 Å². The first-order valence-electron chi connectivity index (χ1n) is 9.33. The molecule has 0 amide bonds. The molecule has 2 heterocycles. The van der Waals surface area contributed by atoms with Gasteiger partial charge in [-0.15, -0.1) is 0 Å². The van der Waals surface area contributed by atoms with E-state index in [4.69, 9.17) is 0 Å². The molecule has 0 radical (unpaired) electrons. The smallest absolute Gasteiger partial charge is 0.215 e. The molecule has 6 heteroatoms. The number of nitrogens with zero attached hydrogens (tertiary/aromatic N) is 1. The van der Waals surface area contributed by atoms with E-state index in [-0.39, 0.29) is 11.8 Å². The third kappa shape index (κ3) is 5.39. The van der Waals surface area contributed by atoms with Crippen molar-refractivity contribution in [3.8, 4) is 0 Å². The van der Waals surface area contributed by atoms with Crippen LogP contribution >= 0.6 is 11.3 Å². The molecule has 1 aromatic heterocycles. The molecule has 1 saturated heterocycles. The monoisotopic (exact) mass is 392 g/mol. The number of likely N-dealkylation sites (tertiary alicyclic amines) is 1. The Bertz CT molecular complexity index is 780. The maximum atomic E-state index is 12.6. The number of aryl methyl sites for hydroxylation is 1. The number of nitrogens with one attached hydrogen (secondary N) is 1. The molecule has 1 aliphatic rings. The zero-order valence-electron chi connectivity index (χ0n) is 15.4. The third-order valence-corrected chi connectivity index (χ3v) is 7.11. The van der Waals surface area contributed by atoms with Crippen molar-refractivity contribution in [1.29, 1.82) is 0 Å². The minimum Gasteiger partial charge on any atom is -0.295 e. The Kier molecular flexibility index (Phi) is 6.86. The Morgan fingerprint density at radius 1 is 1.12 bits per heavy atom. The van der Waals surface area contributed by atoms with Crippen LogP contribution in [0.5, 0.6) is 0 Å². The van der Waals surface area contributed by atoms with Gasteiger partial charge in [0.2, 0.25) is 10.0 Å². The highest BCUT2D eigenvalue weighted by Crippen LogP contribution is 2.26. The van der Waals surface area contributed by atoms with E-state index < -0.39 is 10.0 Å². The standard InChI is InChI=1S/C20H28N2O2S2/c1-17-8-4-5-9-19(17)16-26(23,24)21-14-20(18-10-13-25-15-18)22-11-6-2-3-7-12-22/h4-5,8-10,13,15,20-21H,2-3,6-7,11-12,14,16H2,1H3. The van der Waals surface area contributed by atoms with Gasteiger partial charge in [-0.2, -0.15) is 11.3 Å². The SMILES string of the molecule is Cc1ccccc1CS(=O)(=O)NCC(c1ccsc1)N1CCCCCC1. The molecular weight excluding hydrogens is 364 g/mol. The summed E-state index contributed by atoms with van der Waals surface area (Å²) in [4.78, 5) is 2.45. The summed E-state index contributed by atoms with van der Waals surface area (Å²) >= 11 is 1.67. The summed E-state index contributed by atoms with van der Waals surface area (Å²) in [7, 11) is -3.36. The number of hydrogen-bond acceptors (Lipinski definition) is 4. The Morgan fingerprint density at radius 2 is 1.85 bits per heavy atom. The minimum absolute atomic E-state index is 0.0377. The predicted octanol–water partition coefficient (Wildman–Crippen LogP) is 4.09. The van der Waals surface area contributed by atoms with E-state index in [0.29, 0.717) is 6.54 Å². The zero-order chi connectivity index (χ0) is 18.4. The van der Waals surface area contributed by atoms with Crippen molar-refractivity contribution >= 4 is 21.4 Å². The molecule has 1 N–H and O–H groups in total. The molecule has 4 nitrogen and oxygen atoms in total. The maximum Gasteiger partial charge on any atom is 0.215 e. The molecule has 0 bridgehead atoms. The highest BCUT2D eigenvalue weighted by Gasteiger charge is 2.24. The van der Waals surface area contributed by atoms with Crippen molar-refractivity contribution in [2.75, 3.05) is 19.6 Å². The number of thiophene rings is 1. The highest BCUT2D eigenvalue weighted by atomic mass is 32.2. The zero-order valence-corrected chi connectivity index (χ0v) is 17.0. The van der Waals surface area contributed by atoms with Gasteiger partial charge >= 0.3 is 0 Å². The van der Waals surface area contributed by atoms with Crippen molar-refractivity contribution in [1.82, 2.24) is 9.62 Å². The van der Waals surface area contributed by atoms with Crippen molar-refractivity contribution in [3.63, 3.8) is 0 Å². The Morgan fingerprint density at radius 3 is 2.50 bits per heavy atom. The summed E-state index contributed by atoms with van der Waals surface area (Å²) in [5, 5.41) is 4.22. The largest absolute Gasteiger partial charge is 0.295 e. The van der Waals surface area contributed by atoms with Crippen LogP contribution in [0.4, 0.5) is 0 Å². The highest BCUT2D eigenvalue weighted by molar-refractivity contribution is 7.88. The lowest BCUT2D eigenvalue weighted by atomic mass is 10.1. The van der Waals surface area contributed by atoms with Crippen LogP contribution in [0.3, 0.4) is 0 Å². The van der Waals surface area contributed by atoms with E-state index >= 15 is 0 Å². The lowest BCUT2D eigenvalue weighted by molar-refractivity contribution is 0.206. The van der Waals surface area contributed by atoms with E-state index in [1.165, 1.54) is 31.2 Å². The quantitative estimate of drug-likeness (QED) is 0.772. The van der Waals surface area contributed by atoms with Crippen LogP contribution in [-0.4, -0.2) is 33.0 Å². The average Bonchev–Trinajstić information content (AvgIpc) is 3.00. The van der Waals surface area contributed by atoms with Gasteiger partial charge in [-0.25, -0.2) is 13.1 Å². The summed E-state index contributed by atoms with van der Waals surface area (Å²) in [5.74, 6) is 0.0377. The predicted molar refractivity (Wildman–Crippen MR) is 109 cm³/mol. The number of rotatable bonds is 7. The van der Waals surface area contributed by atoms with E-state index in [1.807, 2.05) is 31.2 Å². The molecule has 0 spiro atoms. The summed E-state index contributed by atoms with van der Waals surface area (Å²) < 4.78 is 28.2. The van der Waals surface area contributed by atoms with Gasteiger partial charge < -0.3 is 0 Å². The fraction of sp³-hybridized carbons (Fsp3) is 0.500. The second kappa shape index (κ2) is 9.13. The molecule has 1 atom stereocenters. The second-order valence-electron chi connectivity index (χ2n) is 7.06. The van der Waals surface area contributed by atoms with Crippen LogP contribution in [0.15, 0.2) is 41.1 Å². The van der Waals surface area contributed by atoms with Gasteiger partial charge in [0.15, 0.2) is 0 Å². The summed E-state index contributed by atoms with van der Waals surface area (Å²) in [5.41, 5.74) is 3.09. The summed E-state index contributed by atoms with van der Waals surface area (Å²) in [6.07, 6.45) is 4.92. The topological polar surface area (TPSA) is 49.4 Å². The summed E-state index contributed by atoms with van der Waals surface area (Å²) in [6, 6.07) is 9.91. The minimum atomic E-state index is -3.36. The van der Waals surface area contributed by atoms with Gasteiger partial charge in [0.1, 0.15) is 0 Å². The van der Waals surface area contributed by atoms with Crippen LogP contribution in [0.2, 0.25) is 0 Å². The first-order chi connectivity index (χ1) is 12.6. The number of sulfonamides is 1. The number of hydrogen-bond donors (Lipinski definition) is 1. The van der Waals surface area contributed by atoms with Crippen LogP contribution in [0.25, 0.3) is 0 Å². The van der Waals surface area contributed by atoms with Crippen molar-refractivity contribution in [2.45, 2.75) is 44.4 Å². The van der Waals surface area contributed by atoms with Crippen molar-refractivity contribution in [2.24, 2.45) is 0 Å². The first kappa shape index (κ1) is 19.5. The fourth-order valence-electron chi connectivity index (χ4n) is 3.56. The third-order valence-electron chi connectivity index (χ3n) is 5.11. The van der Waals surface area contributed by atoms with E-state index in [9.17, 15) is 8.42 Å². The average molecular weight is 393 g/mol. The van der Waals surface area contributed by atoms with Crippen molar-refractivity contribution < 1.29 is 8.42 Å². The van der Waals surface area contributed by atoms with E-state index in [0.717, 1.165) is 24.2 Å². The molecule has 1 fully saturated rings. The lowest BCUT2D eigenvalue weighted by Gasteiger charge is -2.30. The fourth-order valence-corrected chi connectivity index (χ4v) is 5.52. The summed E-state index contributed by atoms with van der Waals surface area (Å²) in [6.45, 7) is 4.47. The van der Waals surface area contributed by atoms with Gasteiger partial charge in [0, 0.05) is 12.6 Å². The Hall–Kier alpha value is -1.21. The molecule has 26 heavy (non-hydrogen) atoms. The van der Waals surface area contributed by atoms with E-state index in [2.05, 4.69) is 26.4 Å². The van der Waals surface area contributed by atoms with E-state index in [1.54, 1.807) is 11.3 Å². The van der Waals surface area contributed by atoms with Crippen LogP contribution in [0.1, 0.15) is 48.4 Å². The van der Waals surface area contributed by atoms with Crippen molar-refractivity contribution in [3.05, 3.63) is 57.8 Å². The molecule has 2 aromatic rings. The number of benzene rings is 1. The molecule has 3 rings (SSSR count). The molecule has 1 aromatic carbocycles.